The molecule has 0 aromatic heterocycles. The van der Waals surface area contributed by atoms with Crippen molar-refractivity contribution in [1.29, 1.82) is 0 Å². The van der Waals surface area contributed by atoms with E-state index < -0.39 is 0 Å². The lowest BCUT2D eigenvalue weighted by Crippen LogP contribution is -2.48. The van der Waals surface area contributed by atoms with E-state index in [2.05, 4.69) is 10.6 Å². The van der Waals surface area contributed by atoms with Gasteiger partial charge in [0.2, 0.25) is 5.91 Å². The number of hydrogen-bond acceptors (Lipinski definition) is 3. The summed E-state index contributed by atoms with van der Waals surface area (Å²) in [5.41, 5.74) is 0. The van der Waals surface area contributed by atoms with Crippen molar-refractivity contribution in [2.45, 2.75) is 44.7 Å². The third-order valence-corrected chi connectivity index (χ3v) is 4.09. The van der Waals surface area contributed by atoms with Crippen LogP contribution in [0.4, 0.5) is 0 Å². The zero-order valence-electron chi connectivity index (χ0n) is 9.91. The van der Waals surface area contributed by atoms with Gasteiger partial charge in [-0.3, -0.25) is 4.79 Å². The lowest BCUT2D eigenvalue weighted by atomic mass is 9.93. The minimum absolute atomic E-state index is 0.0203. The molecule has 4 nitrogen and oxygen atoms in total. The number of amides is 1. The molecule has 2 rings (SSSR count). The first kappa shape index (κ1) is 11.9. The minimum atomic E-state index is -0.0882. The van der Waals surface area contributed by atoms with E-state index in [-0.39, 0.29) is 24.6 Å². The van der Waals surface area contributed by atoms with Gasteiger partial charge in [-0.15, -0.1) is 0 Å². The van der Waals surface area contributed by atoms with Crippen LogP contribution in [0.25, 0.3) is 0 Å². The summed E-state index contributed by atoms with van der Waals surface area (Å²) in [6.07, 6.45) is 4.48. The van der Waals surface area contributed by atoms with Crippen molar-refractivity contribution in [3.63, 3.8) is 0 Å². The zero-order valence-corrected chi connectivity index (χ0v) is 9.91. The van der Waals surface area contributed by atoms with Crippen molar-refractivity contribution in [3.8, 4) is 0 Å². The van der Waals surface area contributed by atoms with E-state index in [0.29, 0.717) is 11.8 Å². The van der Waals surface area contributed by atoms with Gasteiger partial charge in [0, 0.05) is 0 Å². The first-order chi connectivity index (χ1) is 7.76. The second kappa shape index (κ2) is 5.15. The highest BCUT2D eigenvalue weighted by Gasteiger charge is 2.42. The maximum atomic E-state index is 12.0. The van der Waals surface area contributed by atoms with E-state index in [9.17, 15) is 4.79 Å². The van der Waals surface area contributed by atoms with Gasteiger partial charge in [0.15, 0.2) is 0 Å². The number of fused-ring (bicyclic) bond motifs is 1. The van der Waals surface area contributed by atoms with Crippen LogP contribution >= 0.6 is 0 Å². The second-order valence-corrected chi connectivity index (χ2v) is 5.04. The molecule has 0 bridgehead atoms. The van der Waals surface area contributed by atoms with E-state index in [1.165, 1.54) is 19.3 Å². The summed E-state index contributed by atoms with van der Waals surface area (Å²) in [4.78, 5) is 12.0. The van der Waals surface area contributed by atoms with Crippen LogP contribution in [0.15, 0.2) is 0 Å². The molecule has 92 valence electrons. The van der Waals surface area contributed by atoms with E-state index in [4.69, 9.17) is 5.11 Å². The molecule has 1 heterocycles. The first-order valence-corrected chi connectivity index (χ1v) is 6.40. The van der Waals surface area contributed by atoms with Gasteiger partial charge in [-0.1, -0.05) is 13.3 Å². The van der Waals surface area contributed by atoms with Gasteiger partial charge in [-0.25, -0.2) is 0 Å². The number of nitrogens with one attached hydrogen (secondary N) is 2. The Kier molecular flexibility index (Phi) is 3.82. The highest BCUT2D eigenvalue weighted by Crippen LogP contribution is 2.37. The number of carbonyl (C=O) groups excluding carboxylic acids is 1. The number of aliphatic hydroxyl groups excluding tert-OH is 1. The van der Waals surface area contributed by atoms with Crippen LogP contribution in [-0.4, -0.2) is 36.2 Å². The molecule has 0 spiro atoms. The summed E-state index contributed by atoms with van der Waals surface area (Å²) in [5.74, 6) is 1.30. The summed E-state index contributed by atoms with van der Waals surface area (Å²) < 4.78 is 0. The third kappa shape index (κ3) is 2.23. The Hall–Kier alpha value is -0.610. The molecule has 4 atom stereocenters. The Labute approximate surface area is 96.8 Å². The predicted octanol–water partition coefficient (Wildman–Crippen LogP) is 0.262. The maximum Gasteiger partial charge on any atom is 0.237 e. The standard InChI is InChI=1S/C12H22N2O2/c1-2-9(7-15)14-12(16)11-10-5-3-4-8(10)6-13-11/h8-11,13,15H,2-7H2,1H3,(H,14,16)/t8?,9-,10?,11?/m1/s1. The van der Waals surface area contributed by atoms with Gasteiger partial charge in [-0.2, -0.15) is 0 Å². The molecule has 1 aliphatic heterocycles. The predicted molar refractivity (Wildman–Crippen MR) is 61.9 cm³/mol. The lowest BCUT2D eigenvalue weighted by Gasteiger charge is -2.21. The van der Waals surface area contributed by atoms with Crippen LogP contribution in [0.5, 0.6) is 0 Å². The number of rotatable bonds is 4. The van der Waals surface area contributed by atoms with Gasteiger partial charge < -0.3 is 15.7 Å². The summed E-state index contributed by atoms with van der Waals surface area (Å²) >= 11 is 0. The highest BCUT2D eigenvalue weighted by molar-refractivity contribution is 5.82. The molecule has 1 aliphatic carbocycles. The van der Waals surface area contributed by atoms with E-state index in [1.807, 2.05) is 6.92 Å². The number of aliphatic hydroxyl groups is 1. The number of carbonyl (C=O) groups is 1. The summed E-state index contributed by atoms with van der Waals surface area (Å²) in [6, 6.07) is -0.108. The van der Waals surface area contributed by atoms with Crippen LogP contribution in [0.3, 0.4) is 0 Å². The van der Waals surface area contributed by atoms with Crippen LogP contribution in [0, 0.1) is 11.8 Å². The largest absolute Gasteiger partial charge is 0.394 e. The maximum absolute atomic E-state index is 12.0. The Balaban J connectivity index is 1.89. The van der Waals surface area contributed by atoms with E-state index >= 15 is 0 Å². The van der Waals surface area contributed by atoms with Gasteiger partial charge in [-0.05, 0) is 37.6 Å². The van der Waals surface area contributed by atoms with E-state index in [1.54, 1.807) is 0 Å². The SMILES string of the molecule is CC[C@H](CO)NC(=O)C1NCC2CCCC21. The summed E-state index contributed by atoms with van der Waals surface area (Å²) in [7, 11) is 0. The molecule has 1 saturated heterocycles. The van der Waals surface area contributed by atoms with Crippen molar-refractivity contribution in [2.24, 2.45) is 11.8 Å². The third-order valence-electron chi connectivity index (χ3n) is 4.09. The second-order valence-electron chi connectivity index (χ2n) is 5.04. The normalized spacial score (nSPS) is 34.8. The molecule has 4 heteroatoms. The highest BCUT2D eigenvalue weighted by atomic mass is 16.3. The Bertz CT molecular complexity index is 253. The molecular weight excluding hydrogens is 204 g/mol. The van der Waals surface area contributed by atoms with Crippen LogP contribution in [0.1, 0.15) is 32.6 Å². The molecule has 1 amide bonds. The van der Waals surface area contributed by atoms with Crippen molar-refractivity contribution in [2.75, 3.05) is 13.2 Å². The minimum Gasteiger partial charge on any atom is -0.394 e. The Morgan fingerprint density at radius 1 is 1.56 bits per heavy atom. The average molecular weight is 226 g/mol. The van der Waals surface area contributed by atoms with Crippen molar-refractivity contribution < 1.29 is 9.90 Å². The Morgan fingerprint density at radius 2 is 2.38 bits per heavy atom. The zero-order chi connectivity index (χ0) is 11.5. The van der Waals surface area contributed by atoms with Crippen LogP contribution in [0.2, 0.25) is 0 Å². The first-order valence-electron chi connectivity index (χ1n) is 6.40. The molecule has 2 fully saturated rings. The van der Waals surface area contributed by atoms with Crippen molar-refractivity contribution in [3.05, 3.63) is 0 Å². The van der Waals surface area contributed by atoms with Gasteiger partial charge >= 0.3 is 0 Å². The quantitative estimate of drug-likeness (QED) is 0.644. The van der Waals surface area contributed by atoms with Crippen LogP contribution in [-0.2, 0) is 4.79 Å². The molecule has 1 saturated carbocycles. The average Bonchev–Trinajstić information content (AvgIpc) is 2.86. The molecule has 3 N–H and O–H groups in total. The molecule has 2 aliphatic rings. The molecule has 0 aromatic rings. The number of hydrogen-bond donors (Lipinski definition) is 3. The van der Waals surface area contributed by atoms with E-state index in [0.717, 1.165) is 13.0 Å². The summed E-state index contributed by atoms with van der Waals surface area (Å²) in [5, 5.41) is 15.3. The van der Waals surface area contributed by atoms with Crippen molar-refractivity contribution >= 4 is 5.91 Å². The Morgan fingerprint density at radius 3 is 3.06 bits per heavy atom. The molecule has 0 aromatic carbocycles. The van der Waals surface area contributed by atoms with Gasteiger partial charge in [0.1, 0.15) is 0 Å². The topological polar surface area (TPSA) is 61.4 Å². The molecular formula is C12H22N2O2. The molecule has 16 heavy (non-hydrogen) atoms. The fourth-order valence-electron chi connectivity index (χ4n) is 3.04. The van der Waals surface area contributed by atoms with Gasteiger partial charge in [0.05, 0.1) is 18.7 Å². The van der Waals surface area contributed by atoms with Crippen molar-refractivity contribution in [1.82, 2.24) is 10.6 Å². The monoisotopic (exact) mass is 226 g/mol. The molecule has 3 unspecified atom stereocenters. The fourth-order valence-corrected chi connectivity index (χ4v) is 3.04. The lowest BCUT2D eigenvalue weighted by molar-refractivity contribution is -0.124. The summed E-state index contributed by atoms with van der Waals surface area (Å²) in [6.45, 7) is 2.99. The molecule has 0 radical (unpaired) electrons. The van der Waals surface area contributed by atoms with Crippen LogP contribution < -0.4 is 10.6 Å². The smallest absolute Gasteiger partial charge is 0.237 e. The van der Waals surface area contributed by atoms with Gasteiger partial charge in [0.25, 0.3) is 0 Å². The fraction of sp³-hybridized carbons (Fsp3) is 0.917.